The smallest absolute Gasteiger partial charge is 0.230 e. The molecule has 0 saturated heterocycles. The number of thiazole rings is 1. The fourth-order valence-electron chi connectivity index (χ4n) is 2.61. The summed E-state index contributed by atoms with van der Waals surface area (Å²) >= 11 is 4.91. The monoisotopic (exact) mass is 430 g/mol. The number of nitrogens with zero attached hydrogens (tertiary/aromatic N) is 2. The van der Waals surface area contributed by atoms with E-state index in [-0.39, 0.29) is 5.91 Å². The molecule has 26 heavy (non-hydrogen) atoms. The number of anilines is 2. The Labute approximate surface area is 165 Å². The lowest BCUT2D eigenvalue weighted by atomic mass is 10.1. The molecule has 0 aliphatic rings. The van der Waals surface area contributed by atoms with Gasteiger partial charge < -0.3 is 4.74 Å². The van der Waals surface area contributed by atoms with Gasteiger partial charge in [0.15, 0.2) is 5.13 Å². The van der Waals surface area contributed by atoms with Crippen LogP contribution in [0.15, 0.2) is 58.4 Å². The van der Waals surface area contributed by atoms with E-state index in [0.717, 1.165) is 33.6 Å². The van der Waals surface area contributed by atoms with E-state index in [1.807, 2.05) is 53.9 Å². The number of ether oxygens (including phenoxy) is 1. The van der Waals surface area contributed by atoms with E-state index in [1.54, 1.807) is 11.8 Å². The van der Waals surface area contributed by atoms with E-state index in [9.17, 15) is 4.79 Å². The number of aromatic nitrogens is 1. The van der Waals surface area contributed by atoms with Crippen LogP contribution in [0.3, 0.4) is 0 Å². The second kappa shape index (κ2) is 8.47. The van der Waals surface area contributed by atoms with E-state index in [1.165, 1.54) is 11.3 Å². The van der Waals surface area contributed by atoms with Gasteiger partial charge in [0.1, 0.15) is 12.4 Å². The third kappa shape index (κ3) is 4.14. The Morgan fingerprint density at radius 1 is 1.19 bits per heavy atom. The van der Waals surface area contributed by atoms with Gasteiger partial charge in [0.25, 0.3) is 0 Å². The number of halogens is 1. The summed E-state index contributed by atoms with van der Waals surface area (Å²) in [6, 6.07) is 15.6. The van der Waals surface area contributed by atoms with Crippen molar-refractivity contribution in [2.45, 2.75) is 26.9 Å². The quantitative estimate of drug-likeness (QED) is 0.501. The number of hydrogen-bond acceptors (Lipinski definition) is 4. The van der Waals surface area contributed by atoms with Crippen molar-refractivity contribution in [3.8, 4) is 5.75 Å². The molecule has 0 N–H and O–H groups in total. The van der Waals surface area contributed by atoms with Crippen molar-refractivity contribution < 1.29 is 9.53 Å². The van der Waals surface area contributed by atoms with Crippen molar-refractivity contribution in [3.63, 3.8) is 0 Å². The SMILES string of the molecule is CCc1ccccc1N(C(C)=O)c1nc(COc2ccccc2Br)cs1. The first-order chi connectivity index (χ1) is 12.6. The predicted octanol–water partition coefficient (Wildman–Crippen LogP) is 5.73. The van der Waals surface area contributed by atoms with Crippen molar-refractivity contribution in [2.75, 3.05) is 4.90 Å². The summed E-state index contributed by atoms with van der Waals surface area (Å²) in [5.74, 6) is 0.709. The minimum atomic E-state index is -0.0569. The van der Waals surface area contributed by atoms with E-state index in [4.69, 9.17) is 4.74 Å². The van der Waals surface area contributed by atoms with Gasteiger partial charge in [-0.15, -0.1) is 11.3 Å². The second-order valence-electron chi connectivity index (χ2n) is 5.68. The van der Waals surface area contributed by atoms with Gasteiger partial charge in [-0.25, -0.2) is 4.98 Å². The molecule has 1 aromatic heterocycles. The summed E-state index contributed by atoms with van der Waals surface area (Å²) in [5.41, 5.74) is 2.79. The maximum atomic E-state index is 12.3. The van der Waals surface area contributed by atoms with Crippen LogP contribution in [-0.4, -0.2) is 10.9 Å². The molecule has 0 unspecified atom stereocenters. The Hall–Kier alpha value is -2.18. The zero-order chi connectivity index (χ0) is 18.5. The molecule has 0 aliphatic carbocycles. The lowest BCUT2D eigenvalue weighted by molar-refractivity contribution is -0.115. The number of hydrogen-bond donors (Lipinski definition) is 0. The third-order valence-electron chi connectivity index (χ3n) is 3.87. The molecule has 0 spiro atoms. The molecule has 3 rings (SSSR count). The molecule has 4 nitrogen and oxygen atoms in total. The van der Waals surface area contributed by atoms with Crippen LogP contribution in [0.4, 0.5) is 10.8 Å². The van der Waals surface area contributed by atoms with Crippen LogP contribution in [0, 0.1) is 0 Å². The Bertz CT molecular complexity index is 910. The molecule has 1 amide bonds. The van der Waals surface area contributed by atoms with Gasteiger partial charge in [-0.05, 0) is 46.1 Å². The fourth-order valence-corrected chi connectivity index (χ4v) is 3.88. The van der Waals surface area contributed by atoms with Crippen LogP contribution in [-0.2, 0) is 17.8 Å². The third-order valence-corrected chi connectivity index (χ3v) is 5.40. The summed E-state index contributed by atoms with van der Waals surface area (Å²) in [7, 11) is 0. The largest absolute Gasteiger partial charge is 0.486 e. The standard InChI is InChI=1S/C20H19BrN2O2S/c1-3-15-8-4-6-10-18(15)23(14(2)24)20-22-16(13-26-20)12-25-19-11-7-5-9-17(19)21/h4-11,13H,3,12H2,1-2H3. The van der Waals surface area contributed by atoms with Crippen molar-refractivity contribution in [1.29, 1.82) is 0 Å². The lowest BCUT2D eigenvalue weighted by Crippen LogP contribution is -2.23. The van der Waals surface area contributed by atoms with E-state index >= 15 is 0 Å². The highest BCUT2D eigenvalue weighted by atomic mass is 79.9. The maximum Gasteiger partial charge on any atom is 0.230 e. The average Bonchev–Trinajstić information content (AvgIpc) is 3.10. The van der Waals surface area contributed by atoms with Gasteiger partial charge in [-0.3, -0.25) is 9.69 Å². The minimum Gasteiger partial charge on any atom is -0.486 e. The summed E-state index contributed by atoms with van der Waals surface area (Å²) in [4.78, 5) is 18.6. The molecule has 0 bridgehead atoms. The van der Waals surface area contributed by atoms with Crippen LogP contribution in [0.2, 0.25) is 0 Å². The van der Waals surface area contributed by atoms with Gasteiger partial charge in [0.2, 0.25) is 5.91 Å². The Morgan fingerprint density at radius 2 is 1.92 bits per heavy atom. The highest BCUT2D eigenvalue weighted by Gasteiger charge is 2.20. The number of benzene rings is 2. The molecule has 6 heteroatoms. The van der Waals surface area contributed by atoms with Gasteiger partial charge in [-0.2, -0.15) is 0 Å². The average molecular weight is 431 g/mol. The molecule has 0 saturated carbocycles. The number of rotatable bonds is 6. The summed E-state index contributed by atoms with van der Waals surface area (Å²) in [5, 5.41) is 2.58. The summed E-state index contributed by atoms with van der Waals surface area (Å²) in [6.07, 6.45) is 0.851. The molecule has 3 aromatic rings. The van der Waals surface area contributed by atoms with E-state index in [2.05, 4.69) is 27.8 Å². The zero-order valence-electron chi connectivity index (χ0n) is 14.6. The maximum absolute atomic E-state index is 12.3. The highest BCUT2D eigenvalue weighted by Crippen LogP contribution is 2.32. The number of aryl methyl sites for hydroxylation is 1. The van der Waals surface area contributed by atoms with Crippen LogP contribution in [0.5, 0.6) is 5.75 Å². The number of carbonyl (C=O) groups excluding carboxylic acids is 1. The molecular formula is C20H19BrN2O2S. The first-order valence-corrected chi connectivity index (χ1v) is 9.97. The van der Waals surface area contributed by atoms with E-state index in [0.29, 0.717) is 11.7 Å². The van der Waals surface area contributed by atoms with E-state index < -0.39 is 0 Å². The van der Waals surface area contributed by atoms with Crippen LogP contribution >= 0.6 is 27.3 Å². The van der Waals surface area contributed by atoms with Crippen molar-refractivity contribution in [3.05, 3.63) is 69.6 Å². The highest BCUT2D eigenvalue weighted by molar-refractivity contribution is 9.10. The van der Waals surface area contributed by atoms with Crippen LogP contribution in [0.25, 0.3) is 0 Å². The first kappa shape index (κ1) is 18.6. The van der Waals surface area contributed by atoms with Gasteiger partial charge in [0.05, 0.1) is 15.9 Å². The number of amides is 1. The van der Waals surface area contributed by atoms with Crippen molar-refractivity contribution >= 4 is 44.0 Å². The molecule has 0 fully saturated rings. The number of carbonyl (C=O) groups is 1. The molecule has 0 radical (unpaired) electrons. The minimum absolute atomic E-state index is 0.0569. The number of para-hydroxylation sites is 2. The normalized spacial score (nSPS) is 10.6. The molecule has 0 aliphatic heterocycles. The Kier molecular flexibility index (Phi) is 6.06. The van der Waals surface area contributed by atoms with Gasteiger partial charge >= 0.3 is 0 Å². The van der Waals surface area contributed by atoms with Crippen LogP contribution in [0.1, 0.15) is 25.1 Å². The zero-order valence-corrected chi connectivity index (χ0v) is 17.0. The summed E-state index contributed by atoms with van der Waals surface area (Å²) < 4.78 is 6.72. The summed E-state index contributed by atoms with van der Waals surface area (Å²) in [6.45, 7) is 3.99. The molecule has 134 valence electrons. The first-order valence-electron chi connectivity index (χ1n) is 8.30. The van der Waals surface area contributed by atoms with Crippen molar-refractivity contribution in [1.82, 2.24) is 4.98 Å². The Balaban J connectivity index is 1.82. The molecule has 0 atom stereocenters. The van der Waals surface area contributed by atoms with Gasteiger partial charge in [-0.1, -0.05) is 37.3 Å². The Morgan fingerprint density at radius 3 is 2.65 bits per heavy atom. The van der Waals surface area contributed by atoms with Crippen LogP contribution < -0.4 is 9.64 Å². The second-order valence-corrected chi connectivity index (χ2v) is 7.37. The predicted molar refractivity (Wildman–Crippen MR) is 109 cm³/mol. The topological polar surface area (TPSA) is 42.4 Å². The molecular weight excluding hydrogens is 412 g/mol. The van der Waals surface area contributed by atoms with Gasteiger partial charge in [0, 0.05) is 12.3 Å². The van der Waals surface area contributed by atoms with Crippen molar-refractivity contribution in [2.24, 2.45) is 0 Å². The molecule has 2 aromatic carbocycles. The fraction of sp³-hybridized carbons (Fsp3) is 0.200. The molecule has 1 heterocycles. The lowest BCUT2D eigenvalue weighted by Gasteiger charge is -2.21.